The van der Waals surface area contributed by atoms with E-state index in [1.807, 2.05) is 6.92 Å². The topological polar surface area (TPSA) is 97.7 Å². The predicted octanol–water partition coefficient (Wildman–Crippen LogP) is 4.70. The number of aliphatic hydroxyl groups excluding tert-OH is 1. The van der Waals surface area contributed by atoms with E-state index in [9.17, 15) is 5.11 Å². The lowest BCUT2D eigenvalue weighted by molar-refractivity contribution is 0.272. The monoisotopic (exact) mass is 459 g/mol. The molecule has 7 nitrogen and oxygen atoms in total. The Morgan fingerprint density at radius 1 is 1.35 bits per heavy atom. The minimum Gasteiger partial charge on any atom is -0.495 e. The fourth-order valence-electron chi connectivity index (χ4n) is 3.35. The highest BCUT2D eigenvalue weighted by Gasteiger charge is 2.19. The highest BCUT2D eigenvalue weighted by Crippen LogP contribution is 2.38. The molecule has 4 rings (SSSR count). The Balaban J connectivity index is 1.72. The SMILES string of the molecule is COc1c(CO)cc(Cl)cc1SNc1cccc(-c2nc(C)n3ccnc(N)c23)c1F. The Hall–Kier alpha value is -3.01. The Morgan fingerprint density at radius 3 is 2.90 bits per heavy atom. The number of fused-ring (bicyclic) bond motifs is 1. The average Bonchev–Trinajstić information content (AvgIpc) is 3.10. The molecule has 0 saturated carbocycles. The molecule has 0 radical (unpaired) electrons. The van der Waals surface area contributed by atoms with Crippen molar-refractivity contribution in [2.45, 2.75) is 18.4 Å². The summed E-state index contributed by atoms with van der Waals surface area (Å²) in [5.74, 6) is 0.925. The van der Waals surface area contributed by atoms with Gasteiger partial charge in [0.05, 0.1) is 24.3 Å². The normalized spacial score (nSPS) is 11.1. The maximum atomic E-state index is 15.5. The lowest BCUT2D eigenvalue weighted by atomic mass is 10.1. The molecule has 0 spiro atoms. The zero-order valence-corrected chi connectivity index (χ0v) is 18.3. The van der Waals surface area contributed by atoms with Gasteiger partial charge in [0, 0.05) is 28.5 Å². The minimum absolute atomic E-state index is 0.233. The van der Waals surface area contributed by atoms with Crippen molar-refractivity contribution >= 4 is 40.6 Å². The molecule has 0 fully saturated rings. The Morgan fingerprint density at radius 2 is 2.16 bits per heavy atom. The lowest BCUT2D eigenvalue weighted by Crippen LogP contribution is -1.99. The third-order valence-electron chi connectivity index (χ3n) is 4.76. The van der Waals surface area contributed by atoms with Crippen LogP contribution in [0.3, 0.4) is 0 Å². The van der Waals surface area contributed by atoms with Crippen molar-refractivity contribution in [1.29, 1.82) is 0 Å². The summed E-state index contributed by atoms with van der Waals surface area (Å²) in [4.78, 5) is 9.22. The number of benzene rings is 2. The first-order valence-electron chi connectivity index (χ1n) is 9.22. The first-order valence-corrected chi connectivity index (χ1v) is 10.4. The Labute approximate surface area is 187 Å². The molecule has 0 aliphatic heterocycles. The van der Waals surface area contributed by atoms with Gasteiger partial charge in [-0.2, -0.15) is 0 Å². The van der Waals surface area contributed by atoms with E-state index in [0.717, 1.165) is 11.9 Å². The number of hydrogen-bond acceptors (Lipinski definition) is 7. The summed E-state index contributed by atoms with van der Waals surface area (Å²) in [6, 6.07) is 8.28. The Kier molecular flexibility index (Phi) is 5.90. The number of rotatable bonds is 6. The first-order chi connectivity index (χ1) is 14.9. The molecule has 31 heavy (non-hydrogen) atoms. The largest absolute Gasteiger partial charge is 0.495 e. The van der Waals surface area contributed by atoms with Gasteiger partial charge in [0.2, 0.25) is 0 Å². The van der Waals surface area contributed by atoms with E-state index < -0.39 is 5.82 Å². The highest BCUT2D eigenvalue weighted by atomic mass is 35.5. The fourth-order valence-corrected chi connectivity index (χ4v) is 4.53. The molecule has 0 bridgehead atoms. The van der Waals surface area contributed by atoms with Crippen LogP contribution in [0.2, 0.25) is 5.02 Å². The number of imidazole rings is 1. The van der Waals surface area contributed by atoms with Crippen molar-refractivity contribution < 1.29 is 14.2 Å². The van der Waals surface area contributed by atoms with Crippen molar-refractivity contribution in [3.05, 3.63) is 65.0 Å². The number of nitrogen functional groups attached to an aromatic ring is 1. The number of methoxy groups -OCH3 is 1. The number of halogens is 2. The molecule has 160 valence electrons. The number of aryl methyl sites for hydroxylation is 1. The van der Waals surface area contributed by atoms with Crippen LogP contribution in [0.4, 0.5) is 15.9 Å². The molecule has 0 atom stereocenters. The number of hydrogen-bond donors (Lipinski definition) is 3. The van der Waals surface area contributed by atoms with Crippen LogP contribution in [-0.2, 0) is 6.61 Å². The van der Waals surface area contributed by atoms with E-state index in [1.165, 1.54) is 7.11 Å². The summed E-state index contributed by atoms with van der Waals surface area (Å²) < 4.78 is 25.6. The highest BCUT2D eigenvalue weighted by molar-refractivity contribution is 8.00. The second-order valence-electron chi connectivity index (χ2n) is 6.66. The number of ether oxygens (including phenoxy) is 1. The van der Waals surface area contributed by atoms with E-state index in [0.29, 0.717) is 43.8 Å². The Bertz CT molecular complexity index is 1280. The molecule has 4 aromatic rings. The molecular weight excluding hydrogens is 441 g/mol. The van der Waals surface area contributed by atoms with E-state index in [1.54, 1.807) is 47.1 Å². The fraction of sp³-hybridized carbons (Fsp3) is 0.143. The van der Waals surface area contributed by atoms with Crippen LogP contribution < -0.4 is 15.2 Å². The van der Waals surface area contributed by atoms with Crippen LogP contribution in [-0.4, -0.2) is 26.6 Å². The molecule has 0 saturated heterocycles. The zero-order valence-electron chi connectivity index (χ0n) is 16.7. The summed E-state index contributed by atoms with van der Waals surface area (Å²) in [7, 11) is 1.50. The number of nitrogens with zero attached hydrogens (tertiary/aromatic N) is 3. The van der Waals surface area contributed by atoms with Crippen molar-refractivity contribution in [1.82, 2.24) is 14.4 Å². The van der Waals surface area contributed by atoms with Crippen molar-refractivity contribution in [2.75, 3.05) is 17.6 Å². The minimum atomic E-state index is -0.485. The van der Waals surface area contributed by atoms with Gasteiger partial charge in [-0.3, -0.25) is 4.40 Å². The van der Waals surface area contributed by atoms with E-state index in [4.69, 9.17) is 22.1 Å². The summed E-state index contributed by atoms with van der Waals surface area (Å²) in [6.07, 6.45) is 3.31. The molecule has 0 aliphatic carbocycles. The quantitative estimate of drug-likeness (QED) is 0.359. The van der Waals surface area contributed by atoms with Crippen LogP contribution in [0.1, 0.15) is 11.4 Å². The van der Waals surface area contributed by atoms with Gasteiger partial charge in [-0.25, -0.2) is 14.4 Å². The van der Waals surface area contributed by atoms with Crippen molar-refractivity contribution in [2.24, 2.45) is 0 Å². The number of aromatic nitrogens is 3. The van der Waals surface area contributed by atoms with Crippen LogP contribution in [0.25, 0.3) is 16.8 Å². The molecule has 2 heterocycles. The first kappa shape index (κ1) is 21.2. The van der Waals surface area contributed by atoms with Crippen LogP contribution in [0, 0.1) is 12.7 Å². The average molecular weight is 460 g/mol. The van der Waals surface area contributed by atoms with Gasteiger partial charge < -0.3 is 20.3 Å². The summed E-state index contributed by atoms with van der Waals surface area (Å²) in [5, 5.41) is 9.99. The summed E-state index contributed by atoms with van der Waals surface area (Å²) in [6.45, 7) is 1.58. The molecule has 0 unspecified atom stereocenters. The summed E-state index contributed by atoms with van der Waals surface area (Å²) >= 11 is 7.26. The van der Waals surface area contributed by atoms with E-state index in [2.05, 4.69) is 14.7 Å². The van der Waals surface area contributed by atoms with Gasteiger partial charge in [0.25, 0.3) is 0 Å². The number of nitrogens with one attached hydrogen (secondary N) is 1. The van der Waals surface area contributed by atoms with E-state index >= 15 is 4.39 Å². The van der Waals surface area contributed by atoms with Crippen molar-refractivity contribution in [3.8, 4) is 17.0 Å². The van der Waals surface area contributed by atoms with Crippen LogP contribution in [0.5, 0.6) is 5.75 Å². The zero-order chi connectivity index (χ0) is 22.1. The third-order valence-corrected chi connectivity index (χ3v) is 5.82. The van der Waals surface area contributed by atoms with Gasteiger partial charge in [-0.05, 0) is 43.1 Å². The second-order valence-corrected chi connectivity index (χ2v) is 7.95. The number of anilines is 2. The lowest BCUT2D eigenvalue weighted by Gasteiger charge is -2.14. The van der Waals surface area contributed by atoms with Gasteiger partial charge >= 0.3 is 0 Å². The van der Waals surface area contributed by atoms with Gasteiger partial charge in [0.1, 0.15) is 28.6 Å². The summed E-state index contributed by atoms with van der Waals surface area (Å²) in [5.41, 5.74) is 8.09. The smallest absolute Gasteiger partial charge is 0.156 e. The standard InChI is InChI=1S/C21H19ClFN5O2S/c1-11-26-18(19-21(24)25-6-7-28(11)19)14-4-3-5-15(17(14)23)27-31-16-9-13(22)8-12(10-29)20(16)30-2/h3-9,27,29H,10H2,1-2H3,(H2,24,25). The molecule has 4 N–H and O–H groups in total. The molecular formula is C21H19ClFN5O2S. The molecule has 0 aliphatic rings. The number of aliphatic hydroxyl groups is 1. The van der Waals surface area contributed by atoms with Crippen LogP contribution >= 0.6 is 23.5 Å². The maximum absolute atomic E-state index is 15.5. The van der Waals surface area contributed by atoms with E-state index in [-0.39, 0.29) is 18.1 Å². The third kappa shape index (κ3) is 3.87. The maximum Gasteiger partial charge on any atom is 0.156 e. The molecule has 0 amide bonds. The molecule has 2 aromatic carbocycles. The van der Waals surface area contributed by atoms with Gasteiger partial charge in [-0.15, -0.1) is 0 Å². The second kappa shape index (κ2) is 8.62. The predicted molar refractivity (Wildman–Crippen MR) is 121 cm³/mol. The van der Waals surface area contributed by atoms with Gasteiger partial charge in [-0.1, -0.05) is 17.7 Å². The van der Waals surface area contributed by atoms with Crippen molar-refractivity contribution in [3.63, 3.8) is 0 Å². The van der Waals surface area contributed by atoms with Crippen LogP contribution in [0.15, 0.2) is 47.6 Å². The van der Waals surface area contributed by atoms with Gasteiger partial charge in [0.15, 0.2) is 5.82 Å². The molecule has 2 aromatic heterocycles. The number of nitrogens with two attached hydrogens (primary N) is 1. The molecule has 10 heteroatoms.